The molecule has 0 aromatic carbocycles. The number of halogens is 1. The van der Waals surface area contributed by atoms with Gasteiger partial charge in [-0.15, -0.1) is 0 Å². The number of likely N-dealkylation sites (tertiary alicyclic amines) is 1. The van der Waals surface area contributed by atoms with Crippen LogP contribution in [0.1, 0.15) is 19.3 Å². The second-order valence-corrected chi connectivity index (χ2v) is 5.29. The van der Waals surface area contributed by atoms with Gasteiger partial charge >= 0.3 is 0 Å². The Labute approximate surface area is 101 Å². The Hall–Kier alpha value is 0.360. The van der Waals surface area contributed by atoms with Crippen molar-refractivity contribution in [2.24, 2.45) is 0 Å². The van der Waals surface area contributed by atoms with E-state index in [0.717, 1.165) is 26.2 Å². The molecule has 3 nitrogen and oxygen atoms in total. The quantitative estimate of drug-likeness (QED) is 0.525. The lowest BCUT2D eigenvalue weighted by Crippen LogP contribution is -2.36. The molecule has 0 aromatic heterocycles. The minimum Gasteiger partial charge on any atom is -0.382 e. The first-order valence-corrected chi connectivity index (χ1v) is 6.67. The molecule has 1 unspecified atom stereocenters. The van der Waals surface area contributed by atoms with E-state index in [2.05, 4.69) is 20.8 Å². The lowest BCUT2D eigenvalue weighted by molar-refractivity contribution is 0.0644. The van der Waals surface area contributed by atoms with Crippen LogP contribution in [0.3, 0.4) is 0 Å². The summed E-state index contributed by atoms with van der Waals surface area (Å²) in [5.74, 6) is 0. The van der Waals surface area contributed by atoms with Crippen LogP contribution in [-0.4, -0.2) is 56.3 Å². The van der Waals surface area contributed by atoms with Crippen molar-refractivity contribution >= 4 is 15.9 Å². The molecule has 0 radical (unpaired) electrons. The maximum Gasteiger partial charge on any atom is 0.0700 e. The van der Waals surface area contributed by atoms with Crippen LogP contribution < -0.4 is 0 Å². The van der Waals surface area contributed by atoms with E-state index in [0.29, 0.717) is 11.4 Å². The van der Waals surface area contributed by atoms with E-state index in [1.165, 1.54) is 25.9 Å². The smallest absolute Gasteiger partial charge is 0.0700 e. The van der Waals surface area contributed by atoms with E-state index >= 15 is 0 Å². The van der Waals surface area contributed by atoms with Gasteiger partial charge in [0.2, 0.25) is 0 Å². The molecule has 4 heteroatoms. The summed E-state index contributed by atoms with van der Waals surface area (Å²) in [4.78, 5) is 3.21. The van der Waals surface area contributed by atoms with Crippen molar-refractivity contribution in [3.05, 3.63) is 0 Å². The van der Waals surface area contributed by atoms with Crippen molar-refractivity contribution < 1.29 is 9.47 Å². The van der Waals surface area contributed by atoms with Crippen LogP contribution >= 0.6 is 15.9 Å². The zero-order valence-electron chi connectivity index (χ0n) is 9.58. The van der Waals surface area contributed by atoms with Gasteiger partial charge in [0, 0.05) is 31.6 Å². The van der Waals surface area contributed by atoms with Gasteiger partial charge in [0.25, 0.3) is 0 Å². The van der Waals surface area contributed by atoms with Crippen LogP contribution in [0.5, 0.6) is 0 Å². The van der Waals surface area contributed by atoms with Crippen LogP contribution in [0.4, 0.5) is 0 Å². The summed E-state index contributed by atoms with van der Waals surface area (Å²) in [5.41, 5.74) is 0. The van der Waals surface area contributed by atoms with E-state index in [4.69, 9.17) is 9.47 Å². The minimum absolute atomic E-state index is 0.695. The molecule has 0 aliphatic carbocycles. The number of hydrogen-bond acceptors (Lipinski definition) is 3. The van der Waals surface area contributed by atoms with Crippen LogP contribution in [-0.2, 0) is 9.47 Å². The average Bonchev–Trinajstić information content (AvgIpc) is 2.23. The fourth-order valence-electron chi connectivity index (χ4n) is 1.84. The minimum atomic E-state index is 0.695. The van der Waals surface area contributed by atoms with Crippen LogP contribution in [0.25, 0.3) is 0 Å². The largest absolute Gasteiger partial charge is 0.382 e. The van der Waals surface area contributed by atoms with Crippen molar-refractivity contribution in [2.75, 3.05) is 46.6 Å². The number of ether oxygens (including phenoxy) is 2. The average molecular weight is 280 g/mol. The Morgan fingerprint density at radius 3 is 2.93 bits per heavy atom. The number of methoxy groups -OCH3 is 1. The van der Waals surface area contributed by atoms with Gasteiger partial charge < -0.3 is 14.4 Å². The molecule has 1 fully saturated rings. The zero-order valence-corrected chi connectivity index (χ0v) is 11.2. The van der Waals surface area contributed by atoms with Crippen molar-refractivity contribution in [1.29, 1.82) is 0 Å². The third-order valence-electron chi connectivity index (χ3n) is 2.64. The second kappa shape index (κ2) is 8.50. The topological polar surface area (TPSA) is 21.7 Å². The SMILES string of the molecule is COCCOCCCN1CCCC(Br)C1. The van der Waals surface area contributed by atoms with Crippen LogP contribution in [0.2, 0.25) is 0 Å². The molecule has 15 heavy (non-hydrogen) atoms. The lowest BCUT2D eigenvalue weighted by atomic mass is 10.1. The highest BCUT2D eigenvalue weighted by Gasteiger charge is 2.16. The molecule has 1 heterocycles. The fraction of sp³-hybridized carbons (Fsp3) is 1.00. The second-order valence-electron chi connectivity index (χ2n) is 4.00. The summed E-state index contributed by atoms with van der Waals surface area (Å²) in [6, 6.07) is 0. The molecule has 1 saturated heterocycles. The first-order valence-electron chi connectivity index (χ1n) is 5.76. The van der Waals surface area contributed by atoms with Gasteiger partial charge in [-0.1, -0.05) is 15.9 Å². The summed E-state index contributed by atoms with van der Waals surface area (Å²) in [5, 5.41) is 0. The summed E-state index contributed by atoms with van der Waals surface area (Å²) >= 11 is 3.68. The molecule has 0 spiro atoms. The van der Waals surface area contributed by atoms with E-state index in [1.807, 2.05) is 0 Å². The van der Waals surface area contributed by atoms with Gasteiger partial charge in [0.15, 0.2) is 0 Å². The Kier molecular flexibility index (Phi) is 7.61. The standard InChI is InChI=1S/C11H22BrNO2/c1-14-8-9-15-7-3-6-13-5-2-4-11(12)10-13/h11H,2-10H2,1H3. The van der Waals surface area contributed by atoms with Crippen LogP contribution in [0.15, 0.2) is 0 Å². The highest BCUT2D eigenvalue weighted by atomic mass is 79.9. The number of piperidine rings is 1. The third-order valence-corrected chi connectivity index (χ3v) is 3.39. The molecule has 0 bridgehead atoms. The third kappa shape index (κ3) is 6.51. The number of nitrogens with zero attached hydrogens (tertiary/aromatic N) is 1. The van der Waals surface area contributed by atoms with Crippen molar-refractivity contribution in [3.8, 4) is 0 Å². The molecule has 0 saturated carbocycles. The highest BCUT2D eigenvalue weighted by Crippen LogP contribution is 2.16. The predicted octanol–water partition coefficient (Wildman–Crippen LogP) is 1.90. The molecule has 1 aliphatic heterocycles. The van der Waals surface area contributed by atoms with Gasteiger partial charge in [-0.25, -0.2) is 0 Å². The van der Waals surface area contributed by atoms with E-state index in [-0.39, 0.29) is 0 Å². The molecule has 1 rings (SSSR count). The first kappa shape index (κ1) is 13.4. The summed E-state index contributed by atoms with van der Waals surface area (Å²) in [6.07, 6.45) is 3.77. The Bertz CT molecular complexity index is 158. The van der Waals surface area contributed by atoms with Gasteiger partial charge in [-0.05, 0) is 25.8 Å². The predicted molar refractivity (Wildman–Crippen MR) is 65.7 cm³/mol. The molecule has 90 valence electrons. The number of rotatable bonds is 7. The number of hydrogen-bond donors (Lipinski definition) is 0. The maximum absolute atomic E-state index is 5.43. The van der Waals surface area contributed by atoms with E-state index < -0.39 is 0 Å². The highest BCUT2D eigenvalue weighted by molar-refractivity contribution is 9.09. The monoisotopic (exact) mass is 279 g/mol. The summed E-state index contributed by atoms with van der Waals surface area (Å²) < 4.78 is 10.3. The molecule has 1 atom stereocenters. The molecule has 0 amide bonds. The van der Waals surface area contributed by atoms with Gasteiger partial charge in [-0.2, -0.15) is 0 Å². The van der Waals surface area contributed by atoms with Crippen molar-refractivity contribution in [2.45, 2.75) is 24.1 Å². The van der Waals surface area contributed by atoms with Gasteiger partial charge in [0.05, 0.1) is 13.2 Å². The Balaban J connectivity index is 1.90. The van der Waals surface area contributed by atoms with E-state index in [9.17, 15) is 0 Å². The Morgan fingerprint density at radius 1 is 1.33 bits per heavy atom. The Morgan fingerprint density at radius 2 is 2.20 bits per heavy atom. The fourth-order valence-corrected chi connectivity index (χ4v) is 2.57. The summed E-state index contributed by atoms with van der Waals surface area (Å²) in [6.45, 7) is 5.88. The van der Waals surface area contributed by atoms with Gasteiger partial charge in [-0.3, -0.25) is 0 Å². The van der Waals surface area contributed by atoms with E-state index in [1.54, 1.807) is 7.11 Å². The zero-order chi connectivity index (χ0) is 10.9. The lowest BCUT2D eigenvalue weighted by Gasteiger charge is -2.29. The number of alkyl halides is 1. The maximum atomic E-state index is 5.43. The van der Waals surface area contributed by atoms with Crippen molar-refractivity contribution in [3.63, 3.8) is 0 Å². The molecule has 1 aliphatic rings. The molecule has 0 aromatic rings. The normalized spacial score (nSPS) is 23.2. The van der Waals surface area contributed by atoms with Gasteiger partial charge in [0.1, 0.15) is 0 Å². The molecular formula is C11H22BrNO2. The van der Waals surface area contributed by atoms with Crippen molar-refractivity contribution in [1.82, 2.24) is 4.90 Å². The first-order chi connectivity index (χ1) is 7.33. The van der Waals surface area contributed by atoms with Crippen LogP contribution in [0, 0.1) is 0 Å². The molecular weight excluding hydrogens is 258 g/mol. The summed E-state index contributed by atoms with van der Waals surface area (Å²) in [7, 11) is 1.70. The molecule has 0 N–H and O–H groups in total.